The molecular weight excluding hydrogens is 196 g/mol. The smallest absolute Gasteiger partial charge is 0.266 e. The minimum absolute atomic E-state index is 0.121. The van der Waals surface area contributed by atoms with E-state index in [0.717, 1.165) is 18.7 Å². The van der Waals surface area contributed by atoms with Crippen LogP contribution in [0.4, 0.5) is 5.69 Å². The number of aromatic nitrogens is 2. The fraction of sp³-hybridized carbons (Fsp3) is 0.444. The number of H-pyrrole nitrogens is 1. The summed E-state index contributed by atoms with van der Waals surface area (Å²) < 4.78 is 0. The maximum Gasteiger partial charge on any atom is 0.266 e. The number of rotatable bonds is 2. The van der Waals surface area contributed by atoms with Crippen LogP contribution in [-0.4, -0.2) is 29.2 Å². The summed E-state index contributed by atoms with van der Waals surface area (Å²) in [4.78, 5) is 23.9. The van der Waals surface area contributed by atoms with Gasteiger partial charge in [0.25, 0.3) is 5.56 Å². The number of nitrogens with one attached hydrogen (secondary N) is 1. The first-order valence-electron chi connectivity index (χ1n) is 4.76. The van der Waals surface area contributed by atoms with E-state index in [-0.39, 0.29) is 17.4 Å². The second kappa shape index (κ2) is 3.72. The predicted molar refractivity (Wildman–Crippen MR) is 54.4 cm³/mol. The monoisotopic (exact) mass is 208 g/mol. The number of hydrogen-bond acceptors (Lipinski definition) is 4. The van der Waals surface area contributed by atoms with Gasteiger partial charge in [0.15, 0.2) is 0 Å². The maximum atomic E-state index is 11.0. The molecule has 1 amide bonds. The number of anilines is 1. The van der Waals surface area contributed by atoms with E-state index in [1.807, 2.05) is 4.90 Å². The van der Waals surface area contributed by atoms with Crippen molar-refractivity contribution in [2.45, 2.75) is 6.42 Å². The summed E-state index contributed by atoms with van der Waals surface area (Å²) in [6.07, 6.45) is 2.31. The van der Waals surface area contributed by atoms with E-state index >= 15 is 0 Å². The number of amides is 1. The number of primary amides is 1. The van der Waals surface area contributed by atoms with Gasteiger partial charge in [-0.05, 0) is 6.42 Å². The van der Waals surface area contributed by atoms with Crippen molar-refractivity contribution >= 4 is 11.6 Å². The lowest BCUT2D eigenvalue weighted by atomic mass is 10.1. The Morgan fingerprint density at radius 2 is 2.47 bits per heavy atom. The number of aromatic amines is 1. The molecule has 0 radical (unpaired) electrons. The zero-order chi connectivity index (χ0) is 10.8. The van der Waals surface area contributed by atoms with Gasteiger partial charge < -0.3 is 10.6 Å². The van der Waals surface area contributed by atoms with Crippen molar-refractivity contribution in [2.75, 3.05) is 18.0 Å². The van der Waals surface area contributed by atoms with Crippen LogP contribution in [0.25, 0.3) is 0 Å². The van der Waals surface area contributed by atoms with E-state index in [1.54, 1.807) is 6.20 Å². The Balaban J connectivity index is 2.14. The Kier molecular flexibility index (Phi) is 2.40. The average molecular weight is 208 g/mol. The lowest BCUT2D eigenvalue weighted by Crippen LogP contribution is -2.27. The first kappa shape index (κ1) is 9.70. The molecule has 2 rings (SSSR count). The van der Waals surface area contributed by atoms with Crippen LogP contribution in [0.1, 0.15) is 6.42 Å². The summed E-state index contributed by atoms with van der Waals surface area (Å²) in [5.74, 6) is -0.403. The summed E-state index contributed by atoms with van der Waals surface area (Å²) in [6, 6.07) is 1.47. The molecule has 1 aliphatic heterocycles. The Morgan fingerprint density at radius 3 is 3.07 bits per heavy atom. The highest BCUT2D eigenvalue weighted by molar-refractivity contribution is 5.78. The van der Waals surface area contributed by atoms with E-state index in [1.165, 1.54) is 6.07 Å². The molecule has 1 unspecified atom stereocenters. The highest BCUT2D eigenvalue weighted by Gasteiger charge is 2.26. The van der Waals surface area contributed by atoms with E-state index in [9.17, 15) is 9.59 Å². The standard InChI is InChI=1S/C9H12N4O2/c10-9(15)6-1-2-13(5-6)7-3-8(14)12-11-4-7/h3-4,6H,1-2,5H2,(H2,10,15)(H,12,14). The molecule has 6 nitrogen and oxygen atoms in total. The zero-order valence-electron chi connectivity index (χ0n) is 8.14. The quantitative estimate of drug-likeness (QED) is 0.657. The molecule has 0 aromatic carbocycles. The number of nitrogens with two attached hydrogens (primary N) is 1. The summed E-state index contributed by atoms with van der Waals surface area (Å²) in [7, 11) is 0. The van der Waals surface area contributed by atoms with Crippen LogP contribution in [0.15, 0.2) is 17.1 Å². The van der Waals surface area contributed by atoms with Crippen molar-refractivity contribution in [3.8, 4) is 0 Å². The van der Waals surface area contributed by atoms with Crippen LogP contribution in [0.2, 0.25) is 0 Å². The van der Waals surface area contributed by atoms with Crippen LogP contribution in [0.5, 0.6) is 0 Å². The molecule has 0 bridgehead atoms. The van der Waals surface area contributed by atoms with E-state index in [4.69, 9.17) is 5.73 Å². The minimum Gasteiger partial charge on any atom is -0.369 e. The van der Waals surface area contributed by atoms with Crippen molar-refractivity contribution in [2.24, 2.45) is 11.7 Å². The molecule has 1 aromatic rings. The molecule has 1 aliphatic rings. The summed E-state index contributed by atoms with van der Waals surface area (Å²) in [5, 5.41) is 6.01. The lowest BCUT2D eigenvalue weighted by molar-refractivity contribution is -0.121. The molecule has 1 fully saturated rings. The van der Waals surface area contributed by atoms with Gasteiger partial charge in [-0.1, -0.05) is 0 Å². The Labute approximate surface area is 86.1 Å². The van der Waals surface area contributed by atoms with Gasteiger partial charge in [-0.2, -0.15) is 5.10 Å². The topological polar surface area (TPSA) is 92.1 Å². The Bertz CT molecular complexity index is 428. The molecule has 0 spiro atoms. The second-order valence-electron chi connectivity index (χ2n) is 3.64. The van der Waals surface area contributed by atoms with E-state index < -0.39 is 0 Å². The van der Waals surface area contributed by atoms with Gasteiger partial charge >= 0.3 is 0 Å². The van der Waals surface area contributed by atoms with Gasteiger partial charge in [-0.25, -0.2) is 5.10 Å². The SMILES string of the molecule is NC(=O)C1CCN(c2cn[nH]c(=O)c2)C1. The van der Waals surface area contributed by atoms with Crippen LogP contribution in [0, 0.1) is 5.92 Å². The molecule has 0 saturated carbocycles. The van der Waals surface area contributed by atoms with Gasteiger partial charge in [-0.15, -0.1) is 0 Å². The van der Waals surface area contributed by atoms with Gasteiger partial charge in [0.1, 0.15) is 0 Å². The van der Waals surface area contributed by atoms with Crippen molar-refractivity contribution in [3.63, 3.8) is 0 Å². The van der Waals surface area contributed by atoms with Crippen molar-refractivity contribution < 1.29 is 4.79 Å². The molecule has 3 N–H and O–H groups in total. The molecule has 15 heavy (non-hydrogen) atoms. The number of carbonyl (C=O) groups is 1. The van der Waals surface area contributed by atoms with E-state index in [2.05, 4.69) is 10.2 Å². The normalized spacial score (nSPS) is 20.5. The highest BCUT2D eigenvalue weighted by atomic mass is 16.1. The number of hydrogen-bond donors (Lipinski definition) is 2. The number of carbonyl (C=O) groups excluding carboxylic acids is 1. The molecule has 0 aliphatic carbocycles. The molecule has 80 valence electrons. The lowest BCUT2D eigenvalue weighted by Gasteiger charge is -2.16. The van der Waals surface area contributed by atoms with Crippen LogP contribution < -0.4 is 16.2 Å². The van der Waals surface area contributed by atoms with Gasteiger partial charge in [0.05, 0.1) is 17.8 Å². The fourth-order valence-electron chi connectivity index (χ4n) is 1.77. The van der Waals surface area contributed by atoms with Gasteiger partial charge in [0, 0.05) is 19.2 Å². The summed E-state index contributed by atoms with van der Waals surface area (Å²) >= 11 is 0. The third kappa shape index (κ3) is 1.98. The van der Waals surface area contributed by atoms with Crippen LogP contribution in [-0.2, 0) is 4.79 Å². The molecule has 1 atom stereocenters. The van der Waals surface area contributed by atoms with Crippen LogP contribution in [0.3, 0.4) is 0 Å². The average Bonchev–Trinajstić information content (AvgIpc) is 2.66. The Hall–Kier alpha value is -1.85. The van der Waals surface area contributed by atoms with Crippen molar-refractivity contribution in [3.05, 3.63) is 22.6 Å². The molecule has 1 aromatic heterocycles. The molecular formula is C9H12N4O2. The molecule has 1 saturated heterocycles. The predicted octanol–water partition coefficient (Wildman–Crippen LogP) is -0.919. The second-order valence-corrected chi connectivity index (χ2v) is 3.64. The largest absolute Gasteiger partial charge is 0.369 e. The van der Waals surface area contributed by atoms with Gasteiger partial charge in [0.2, 0.25) is 5.91 Å². The third-order valence-corrected chi connectivity index (χ3v) is 2.61. The third-order valence-electron chi connectivity index (χ3n) is 2.61. The number of nitrogens with zero attached hydrogens (tertiary/aromatic N) is 2. The first-order chi connectivity index (χ1) is 7.16. The summed E-state index contributed by atoms with van der Waals surface area (Å²) in [5.41, 5.74) is 5.72. The molecule has 6 heteroatoms. The van der Waals surface area contributed by atoms with Crippen molar-refractivity contribution in [1.82, 2.24) is 10.2 Å². The maximum absolute atomic E-state index is 11.0. The van der Waals surface area contributed by atoms with Gasteiger partial charge in [-0.3, -0.25) is 9.59 Å². The first-order valence-corrected chi connectivity index (χ1v) is 4.76. The van der Waals surface area contributed by atoms with Crippen molar-refractivity contribution in [1.29, 1.82) is 0 Å². The fourth-order valence-corrected chi connectivity index (χ4v) is 1.77. The molecule has 2 heterocycles. The Morgan fingerprint density at radius 1 is 1.67 bits per heavy atom. The highest BCUT2D eigenvalue weighted by Crippen LogP contribution is 2.21. The van der Waals surface area contributed by atoms with E-state index in [0.29, 0.717) is 6.54 Å². The summed E-state index contributed by atoms with van der Waals surface area (Å²) in [6.45, 7) is 1.30. The minimum atomic E-state index is -0.282. The zero-order valence-corrected chi connectivity index (χ0v) is 8.14. The van der Waals surface area contributed by atoms with Crippen LogP contribution >= 0.6 is 0 Å².